The number of hydrogen-bond acceptors (Lipinski definition) is 2. The van der Waals surface area contributed by atoms with Crippen molar-refractivity contribution in [3.63, 3.8) is 0 Å². The smallest absolute Gasteiger partial charge is 0.266 e. The van der Waals surface area contributed by atoms with E-state index in [4.69, 9.17) is 40.1 Å². The highest BCUT2D eigenvalue weighted by Gasteiger charge is 2.12. The first-order valence-corrected chi connectivity index (χ1v) is 7.38. The summed E-state index contributed by atoms with van der Waals surface area (Å²) < 4.78 is 13.1. The summed E-state index contributed by atoms with van der Waals surface area (Å²) in [6.07, 6.45) is 1.31. The summed E-state index contributed by atoms with van der Waals surface area (Å²) in [5.74, 6) is -1.28. The number of hydrogen-bond donors (Lipinski definition) is 1. The average Bonchev–Trinajstić information content (AvgIpc) is 2.52. The van der Waals surface area contributed by atoms with Crippen molar-refractivity contribution >= 4 is 52.5 Å². The third-order valence-electron chi connectivity index (χ3n) is 2.82. The third-order valence-corrected chi connectivity index (χ3v) is 3.95. The summed E-state index contributed by atoms with van der Waals surface area (Å²) in [5, 5.41) is 12.0. The zero-order valence-corrected chi connectivity index (χ0v) is 13.7. The molecular formula is C16H8Cl3FN2O. The van der Waals surface area contributed by atoms with Crippen LogP contribution in [-0.2, 0) is 4.79 Å². The van der Waals surface area contributed by atoms with Crippen molar-refractivity contribution in [2.75, 3.05) is 5.32 Å². The molecule has 0 aliphatic heterocycles. The Labute approximate surface area is 146 Å². The van der Waals surface area contributed by atoms with Gasteiger partial charge < -0.3 is 5.32 Å². The third kappa shape index (κ3) is 4.23. The fraction of sp³-hybridized carbons (Fsp3) is 0. The SMILES string of the molecule is N#C/C(=C\c1cccc(Cl)c1Cl)C(=O)Nc1ccc(F)c(Cl)c1. The molecule has 0 radical (unpaired) electrons. The lowest BCUT2D eigenvalue weighted by molar-refractivity contribution is -0.112. The molecule has 0 atom stereocenters. The van der Waals surface area contributed by atoms with Gasteiger partial charge in [-0.15, -0.1) is 0 Å². The van der Waals surface area contributed by atoms with E-state index in [2.05, 4.69) is 5.32 Å². The molecule has 0 spiro atoms. The predicted molar refractivity (Wildman–Crippen MR) is 90.1 cm³/mol. The largest absolute Gasteiger partial charge is 0.321 e. The Morgan fingerprint density at radius 3 is 2.57 bits per heavy atom. The highest BCUT2D eigenvalue weighted by atomic mass is 35.5. The molecule has 0 aromatic heterocycles. The highest BCUT2D eigenvalue weighted by molar-refractivity contribution is 6.43. The van der Waals surface area contributed by atoms with Crippen LogP contribution in [0, 0.1) is 17.1 Å². The van der Waals surface area contributed by atoms with E-state index < -0.39 is 11.7 Å². The van der Waals surface area contributed by atoms with Gasteiger partial charge in [0.05, 0.1) is 15.1 Å². The van der Waals surface area contributed by atoms with Gasteiger partial charge in [-0.2, -0.15) is 5.26 Å². The first-order valence-electron chi connectivity index (χ1n) is 6.24. The molecule has 7 heteroatoms. The molecule has 0 bridgehead atoms. The second kappa shape index (κ2) is 7.47. The lowest BCUT2D eigenvalue weighted by atomic mass is 10.1. The molecule has 2 aromatic carbocycles. The normalized spacial score (nSPS) is 11.0. The maximum atomic E-state index is 13.1. The van der Waals surface area contributed by atoms with Gasteiger partial charge in [-0.3, -0.25) is 4.79 Å². The summed E-state index contributed by atoms with van der Waals surface area (Å²) in [7, 11) is 0. The number of halogens is 4. The summed E-state index contributed by atoms with van der Waals surface area (Å²) in [6.45, 7) is 0. The van der Waals surface area contributed by atoms with Crippen molar-refractivity contribution in [1.82, 2.24) is 0 Å². The van der Waals surface area contributed by atoms with Gasteiger partial charge in [0, 0.05) is 5.69 Å². The molecule has 0 heterocycles. The Balaban J connectivity index is 2.28. The van der Waals surface area contributed by atoms with Crippen LogP contribution in [0.4, 0.5) is 10.1 Å². The highest BCUT2D eigenvalue weighted by Crippen LogP contribution is 2.27. The van der Waals surface area contributed by atoms with E-state index in [0.717, 1.165) is 6.07 Å². The molecule has 1 N–H and O–H groups in total. The number of rotatable bonds is 3. The van der Waals surface area contributed by atoms with Crippen LogP contribution < -0.4 is 5.32 Å². The molecule has 0 unspecified atom stereocenters. The minimum absolute atomic E-state index is 0.136. The average molecular weight is 370 g/mol. The zero-order valence-electron chi connectivity index (χ0n) is 11.4. The Morgan fingerprint density at radius 2 is 1.91 bits per heavy atom. The van der Waals surface area contributed by atoms with Crippen molar-refractivity contribution < 1.29 is 9.18 Å². The van der Waals surface area contributed by atoms with Crippen LogP contribution in [0.15, 0.2) is 42.0 Å². The number of carbonyl (C=O) groups excluding carboxylic acids is 1. The Hall–Kier alpha value is -2.06. The van der Waals surface area contributed by atoms with Gasteiger partial charge in [-0.1, -0.05) is 46.9 Å². The fourth-order valence-electron chi connectivity index (χ4n) is 1.71. The first-order chi connectivity index (χ1) is 10.9. The molecule has 2 rings (SSSR count). The lowest BCUT2D eigenvalue weighted by Gasteiger charge is -2.06. The summed E-state index contributed by atoms with van der Waals surface area (Å²) in [6, 6.07) is 10.3. The Bertz CT molecular complexity index is 844. The Morgan fingerprint density at radius 1 is 1.17 bits per heavy atom. The van der Waals surface area contributed by atoms with E-state index in [-0.39, 0.29) is 21.3 Å². The molecule has 0 aliphatic rings. The van der Waals surface area contributed by atoms with Crippen LogP contribution in [0.3, 0.4) is 0 Å². The topological polar surface area (TPSA) is 52.9 Å². The lowest BCUT2D eigenvalue weighted by Crippen LogP contribution is -2.13. The standard InChI is InChI=1S/C16H8Cl3FN2O/c17-12-3-1-2-9(15(12)19)6-10(8-21)16(23)22-11-4-5-14(20)13(18)7-11/h1-7H,(H,22,23)/b10-6+. The van der Waals surface area contributed by atoms with Gasteiger partial charge in [0.15, 0.2) is 0 Å². The number of nitriles is 1. The summed E-state index contributed by atoms with van der Waals surface area (Å²) in [5.41, 5.74) is 0.511. The van der Waals surface area contributed by atoms with Gasteiger partial charge in [-0.25, -0.2) is 4.39 Å². The van der Waals surface area contributed by atoms with Gasteiger partial charge in [0.25, 0.3) is 5.91 Å². The van der Waals surface area contributed by atoms with Crippen LogP contribution in [0.2, 0.25) is 15.1 Å². The van der Waals surface area contributed by atoms with E-state index in [1.54, 1.807) is 24.3 Å². The molecule has 116 valence electrons. The molecule has 0 saturated heterocycles. The molecular weight excluding hydrogens is 362 g/mol. The van der Waals surface area contributed by atoms with Crippen LogP contribution >= 0.6 is 34.8 Å². The second-order valence-electron chi connectivity index (χ2n) is 4.40. The van der Waals surface area contributed by atoms with Crippen LogP contribution in [0.25, 0.3) is 6.08 Å². The quantitative estimate of drug-likeness (QED) is 0.587. The number of benzene rings is 2. The van der Waals surface area contributed by atoms with Gasteiger partial charge in [0.2, 0.25) is 0 Å². The molecule has 2 aromatic rings. The first kappa shape index (κ1) is 17.3. The van der Waals surface area contributed by atoms with Crippen molar-refractivity contribution in [3.05, 3.63) is 68.4 Å². The van der Waals surface area contributed by atoms with Gasteiger partial charge >= 0.3 is 0 Å². The maximum Gasteiger partial charge on any atom is 0.266 e. The number of anilines is 1. The van der Waals surface area contributed by atoms with Gasteiger partial charge in [0.1, 0.15) is 17.5 Å². The second-order valence-corrected chi connectivity index (χ2v) is 5.59. The molecule has 1 amide bonds. The van der Waals surface area contributed by atoms with Crippen molar-refractivity contribution in [2.24, 2.45) is 0 Å². The number of nitrogens with zero attached hydrogens (tertiary/aromatic N) is 1. The number of nitrogens with one attached hydrogen (secondary N) is 1. The zero-order chi connectivity index (χ0) is 17.0. The number of amides is 1. The van der Waals surface area contributed by atoms with E-state index in [0.29, 0.717) is 10.6 Å². The minimum atomic E-state index is -0.675. The fourth-order valence-corrected chi connectivity index (χ4v) is 2.25. The number of carbonyl (C=O) groups is 1. The van der Waals surface area contributed by atoms with Gasteiger partial charge in [-0.05, 0) is 35.9 Å². The van der Waals surface area contributed by atoms with E-state index in [1.165, 1.54) is 18.2 Å². The summed E-state index contributed by atoms with van der Waals surface area (Å²) in [4.78, 5) is 12.1. The summed E-state index contributed by atoms with van der Waals surface area (Å²) >= 11 is 17.5. The van der Waals surface area contributed by atoms with E-state index >= 15 is 0 Å². The van der Waals surface area contributed by atoms with Crippen molar-refractivity contribution in [3.8, 4) is 6.07 Å². The monoisotopic (exact) mass is 368 g/mol. The van der Waals surface area contributed by atoms with Crippen molar-refractivity contribution in [2.45, 2.75) is 0 Å². The van der Waals surface area contributed by atoms with Crippen LogP contribution in [0.1, 0.15) is 5.56 Å². The molecule has 23 heavy (non-hydrogen) atoms. The molecule has 0 fully saturated rings. The molecule has 0 saturated carbocycles. The minimum Gasteiger partial charge on any atom is -0.321 e. The Kier molecular flexibility index (Phi) is 5.62. The molecule has 0 aliphatic carbocycles. The van der Waals surface area contributed by atoms with Crippen LogP contribution in [0.5, 0.6) is 0 Å². The molecule has 3 nitrogen and oxygen atoms in total. The van der Waals surface area contributed by atoms with Crippen LogP contribution in [-0.4, -0.2) is 5.91 Å². The van der Waals surface area contributed by atoms with E-state index in [9.17, 15) is 9.18 Å². The maximum absolute atomic E-state index is 13.1. The van der Waals surface area contributed by atoms with E-state index in [1.807, 2.05) is 0 Å². The van der Waals surface area contributed by atoms with Crippen molar-refractivity contribution in [1.29, 1.82) is 5.26 Å². The predicted octanol–water partition coefficient (Wildman–Crippen LogP) is 5.33.